The minimum atomic E-state index is -3.40. The van der Waals surface area contributed by atoms with Crippen LogP contribution >= 0.6 is 11.3 Å². The van der Waals surface area contributed by atoms with Gasteiger partial charge in [0, 0.05) is 43.8 Å². The third kappa shape index (κ3) is 5.33. The van der Waals surface area contributed by atoms with Gasteiger partial charge in [0.15, 0.2) is 0 Å². The molecule has 1 saturated heterocycles. The molecular formula is C20H27N3O3S2. The Labute approximate surface area is 171 Å². The smallest absolute Gasteiger partial charge is 0.252 e. The summed E-state index contributed by atoms with van der Waals surface area (Å²) < 4.78 is 27.0. The Bertz CT molecular complexity index is 875. The highest BCUT2D eigenvalue weighted by atomic mass is 32.2. The van der Waals surface area contributed by atoms with Crippen molar-refractivity contribution in [1.82, 2.24) is 9.62 Å². The second kappa shape index (κ2) is 9.54. The summed E-state index contributed by atoms with van der Waals surface area (Å²) in [6.07, 6.45) is 2.89. The van der Waals surface area contributed by atoms with Crippen LogP contribution in [0.3, 0.4) is 0 Å². The van der Waals surface area contributed by atoms with Gasteiger partial charge in [0.25, 0.3) is 10.0 Å². The largest absolute Gasteiger partial charge is 0.375 e. The molecule has 0 atom stereocenters. The number of nitrogens with one attached hydrogen (secondary N) is 1. The van der Waals surface area contributed by atoms with Crippen LogP contribution in [-0.4, -0.2) is 51.9 Å². The molecule has 2 aromatic rings. The number of amides is 1. The molecule has 8 heteroatoms. The predicted molar refractivity (Wildman–Crippen MR) is 113 cm³/mol. The first-order valence-electron chi connectivity index (χ1n) is 9.58. The maximum absolute atomic E-state index is 12.6. The predicted octanol–water partition coefficient (Wildman–Crippen LogP) is 2.72. The number of hydrogen-bond donors (Lipinski definition) is 1. The number of sulfonamides is 1. The number of para-hydroxylation sites is 1. The lowest BCUT2D eigenvalue weighted by Crippen LogP contribution is -2.29. The van der Waals surface area contributed by atoms with Crippen molar-refractivity contribution in [1.29, 1.82) is 0 Å². The summed E-state index contributed by atoms with van der Waals surface area (Å²) >= 11 is 1.20. The van der Waals surface area contributed by atoms with Gasteiger partial charge in [0.05, 0.1) is 6.42 Å². The van der Waals surface area contributed by atoms with Gasteiger partial charge in [-0.3, -0.25) is 4.79 Å². The van der Waals surface area contributed by atoms with E-state index in [9.17, 15) is 13.2 Å². The number of nitrogens with zero attached hydrogens (tertiary/aromatic N) is 2. The van der Waals surface area contributed by atoms with Gasteiger partial charge in [-0.2, -0.15) is 4.31 Å². The first-order valence-corrected chi connectivity index (χ1v) is 11.8. The van der Waals surface area contributed by atoms with Crippen molar-refractivity contribution in [3.63, 3.8) is 0 Å². The van der Waals surface area contributed by atoms with Crippen molar-refractivity contribution in [2.24, 2.45) is 0 Å². The lowest BCUT2D eigenvalue weighted by atomic mass is 10.3. The van der Waals surface area contributed by atoms with Crippen LogP contribution in [0.25, 0.3) is 0 Å². The van der Waals surface area contributed by atoms with E-state index >= 15 is 0 Å². The number of rotatable bonds is 9. The van der Waals surface area contributed by atoms with Crippen molar-refractivity contribution in [2.45, 2.75) is 29.9 Å². The van der Waals surface area contributed by atoms with Crippen molar-refractivity contribution in [3.05, 3.63) is 47.3 Å². The molecule has 2 heterocycles. The van der Waals surface area contributed by atoms with Gasteiger partial charge >= 0.3 is 0 Å². The third-order valence-corrected chi connectivity index (χ3v) is 8.27. The maximum atomic E-state index is 12.6. The number of carbonyl (C=O) groups excluding carboxylic acids is 1. The molecule has 0 spiro atoms. The van der Waals surface area contributed by atoms with Gasteiger partial charge in [-0.25, -0.2) is 8.42 Å². The lowest BCUT2D eigenvalue weighted by Gasteiger charge is -2.19. The molecule has 1 fully saturated rings. The summed E-state index contributed by atoms with van der Waals surface area (Å²) in [5, 5.41) is 2.92. The number of hydrogen-bond acceptors (Lipinski definition) is 5. The molecule has 0 aliphatic carbocycles. The van der Waals surface area contributed by atoms with E-state index in [0.29, 0.717) is 23.8 Å². The van der Waals surface area contributed by atoms with Crippen molar-refractivity contribution < 1.29 is 13.2 Å². The van der Waals surface area contributed by atoms with Crippen LogP contribution in [0.15, 0.2) is 46.7 Å². The highest BCUT2D eigenvalue weighted by Gasteiger charge is 2.28. The first kappa shape index (κ1) is 20.8. The molecule has 0 saturated carbocycles. The summed E-state index contributed by atoms with van der Waals surface area (Å²) in [5.41, 5.74) is 1.15. The van der Waals surface area contributed by atoms with Gasteiger partial charge < -0.3 is 10.2 Å². The Morgan fingerprint density at radius 2 is 1.86 bits per heavy atom. The van der Waals surface area contributed by atoms with E-state index in [-0.39, 0.29) is 12.3 Å². The zero-order valence-electron chi connectivity index (χ0n) is 16.1. The van der Waals surface area contributed by atoms with Crippen LogP contribution in [-0.2, 0) is 21.2 Å². The van der Waals surface area contributed by atoms with Crippen LogP contribution in [0.2, 0.25) is 0 Å². The van der Waals surface area contributed by atoms with Gasteiger partial charge in [0.2, 0.25) is 5.91 Å². The number of anilines is 1. The standard InChI is InChI=1S/C20H27N3O3S2/c1-22(17-8-3-2-4-9-17)13-7-12-21-19(24)16-18-10-11-20(27-18)28(25,26)23-14-5-6-15-23/h2-4,8-11H,5-7,12-16H2,1H3,(H,21,24). The van der Waals surface area contributed by atoms with E-state index in [1.54, 1.807) is 12.1 Å². The zero-order chi connectivity index (χ0) is 20.0. The van der Waals surface area contributed by atoms with E-state index in [1.807, 2.05) is 25.2 Å². The van der Waals surface area contributed by atoms with Gasteiger partial charge in [-0.1, -0.05) is 18.2 Å². The molecule has 3 rings (SSSR count). The molecule has 0 bridgehead atoms. The molecule has 152 valence electrons. The van der Waals surface area contributed by atoms with Crippen LogP contribution in [0.5, 0.6) is 0 Å². The highest BCUT2D eigenvalue weighted by Crippen LogP contribution is 2.27. The molecule has 28 heavy (non-hydrogen) atoms. The van der Waals surface area contributed by atoms with Crippen LogP contribution < -0.4 is 10.2 Å². The zero-order valence-corrected chi connectivity index (χ0v) is 17.8. The third-order valence-electron chi connectivity index (χ3n) is 4.82. The average molecular weight is 422 g/mol. The summed E-state index contributed by atoms with van der Waals surface area (Å²) in [6.45, 7) is 2.63. The molecule has 0 unspecified atom stereocenters. The molecule has 1 amide bonds. The Kier molecular flexibility index (Phi) is 7.09. The number of thiophene rings is 1. The van der Waals surface area contributed by atoms with Crippen molar-refractivity contribution >= 4 is 33.0 Å². The van der Waals surface area contributed by atoms with Crippen LogP contribution in [0.1, 0.15) is 24.1 Å². The van der Waals surface area contributed by atoms with E-state index in [4.69, 9.17) is 0 Å². The molecule has 1 N–H and O–H groups in total. The Balaban J connectivity index is 1.42. The molecule has 1 aromatic carbocycles. The molecule has 1 aliphatic rings. The SMILES string of the molecule is CN(CCCNC(=O)Cc1ccc(S(=O)(=O)N2CCCC2)s1)c1ccccc1. The van der Waals surface area contributed by atoms with Gasteiger partial charge in [0.1, 0.15) is 4.21 Å². The fourth-order valence-corrected chi connectivity index (χ4v) is 6.25. The van der Waals surface area contributed by atoms with E-state index < -0.39 is 10.0 Å². The fraction of sp³-hybridized carbons (Fsp3) is 0.450. The summed E-state index contributed by atoms with van der Waals surface area (Å²) in [5.74, 6) is -0.0747. The topological polar surface area (TPSA) is 69.7 Å². The van der Waals surface area contributed by atoms with Gasteiger partial charge in [-0.15, -0.1) is 11.3 Å². The quantitative estimate of drug-likeness (QED) is 0.632. The first-order chi connectivity index (χ1) is 13.5. The lowest BCUT2D eigenvalue weighted by molar-refractivity contribution is -0.120. The summed E-state index contributed by atoms with van der Waals surface area (Å²) in [6, 6.07) is 13.5. The van der Waals surface area contributed by atoms with E-state index in [1.165, 1.54) is 15.6 Å². The normalized spacial score (nSPS) is 14.9. The van der Waals surface area contributed by atoms with Crippen molar-refractivity contribution in [2.75, 3.05) is 38.1 Å². The van der Waals surface area contributed by atoms with E-state index in [0.717, 1.165) is 36.4 Å². The van der Waals surface area contributed by atoms with Crippen LogP contribution in [0, 0.1) is 0 Å². The fourth-order valence-electron chi connectivity index (χ4n) is 3.22. The maximum Gasteiger partial charge on any atom is 0.252 e. The van der Waals surface area contributed by atoms with Crippen LogP contribution in [0.4, 0.5) is 5.69 Å². The van der Waals surface area contributed by atoms with Gasteiger partial charge in [-0.05, 0) is 43.5 Å². The molecule has 1 aliphatic heterocycles. The Morgan fingerprint density at radius 3 is 2.57 bits per heavy atom. The number of benzene rings is 1. The van der Waals surface area contributed by atoms with E-state index in [2.05, 4.69) is 22.3 Å². The number of carbonyl (C=O) groups is 1. The molecule has 6 nitrogen and oxygen atoms in total. The van der Waals surface area contributed by atoms with Crippen molar-refractivity contribution in [3.8, 4) is 0 Å². The molecule has 0 radical (unpaired) electrons. The second-order valence-corrected chi connectivity index (χ2v) is 10.3. The monoisotopic (exact) mass is 421 g/mol. The minimum Gasteiger partial charge on any atom is -0.375 e. The summed E-state index contributed by atoms with van der Waals surface area (Å²) in [7, 11) is -1.36. The minimum absolute atomic E-state index is 0.0747. The Morgan fingerprint density at radius 1 is 1.14 bits per heavy atom. The second-order valence-electron chi connectivity index (χ2n) is 6.97. The average Bonchev–Trinajstić information content (AvgIpc) is 3.38. The molecule has 1 aromatic heterocycles. The Hall–Kier alpha value is -1.90. The summed E-state index contributed by atoms with van der Waals surface area (Å²) in [4.78, 5) is 15.1. The molecular weight excluding hydrogens is 394 g/mol. The highest BCUT2D eigenvalue weighted by molar-refractivity contribution is 7.91.